The Hall–Kier alpha value is -1.43. The Kier molecular flexibility index (Phi) is 2.85. The minimum Gasteiger partial charge on any atom is -0.326 e. The van der Waals surface area contributed by atoms with Gasteiger partial charge in [0.1, 0.15) is 0 Å². The first-order valence-corrected chi connectivity index (χ1v) is 5.10. The molecule has 0 unspecified atom stereocenters. The Morgan fingerprint density at radius 3 is 2.14 bits per heavy atom. The zero-order valence-corrected chi connectivity index (χ0v) is 8.14. The monoisotopic (exact) mass is 216 g/mol. The van der Waals surface area contributed by atoms with Crippen molar-refractivity contribution in [2.45, 2.75) is 11.8 Å². The van der Waals surface area contributed by atoms with E-state index in [9.17, 15) is 17.1 Å². The fourth-order valence-corrected chi connectivity index (χ4v) is 1.37. The van der Waals surface area contributed by atoms with E-state index in [2.05, 4.69) is 5.32 Å². The van der Waals surface area contributed by atoms with Crippen molar-refractivity contribution in [3.63, 3.8) is 0 Å². The maximum Gasteiger partial charge on any atom is 0.332 e. The van der Waals surface area contributed by atoms with Crippen LogP contribution in [0.3, 0.4) is 0 Å². The molecule has 0 saturated carbocycles. The van der Waals surface area contributed by atoms with Gasteiger partial charge in [-0.3, -0.25) is 4.79 Å². The Bertz CT molecular complexity index is 438. The number of carbonyl (C=O) groups is 1. The number of rotatable bonds is 2. The van der Waals surface area contributed by atoms with Crippen molar-refractivity contribution in [2.24, 2.45) is 0 Å². The van der Waals surface area contributed by atoms with Gasteiger partial charge in [-0.2, -0.15) is 8.42 Å². The molecular formula is C8H8FNO3S. The molecule has 1 amide bonds. The van der Waals surface area contributed by atoms with Crippen molar-refractivity contribution in [3.05, 3.63) is 24.3 Å². The lowest BCUT2D eigenvalue weighted by atomic mass is 10.3. The second-order valence-electron chi connectivity index (χ2n) is 2.64. The molecule has 1 aromatic carbocycles. The van der Waals surface area contributed by atoms with Crippen LogP contribution in [-0.2, 0) is 15.0 Å². The standard InChI is InChI=1S/C8H8FNO3S/c1-6(11)10-7-2-4-8(5-3-7)14(9,12)13/h2-5H,1H3,(H,10,11)/i9-1. The van der Waals surface area contributed by atoms with Crippen LogP contribution in [0.1, 0.15) is 6.92 Å². The van der Waals surface area contributed by atoms with Crippen LogP contribution in [0.2, 0.25) is 0 Å². The number of carbonyl (C=O) groups excluding carboxylic acids is 1. The lowest BCUT2D eigenvalue weighted by molar-refractivity contribution is -0.114. The molecule has 0 atom stereocenters. The van der Waals surface area contributed by atoms with E-state index in [1.54, 1.807) is 0 Å². The zero-order chi connectivity index (χ0) is 10.8. The number of benzene rings is 1. The summed E-state index contributed by atoms with van der Waals surface area (Å²) in [5, 5.41) is 2.43. The summed E-state index contributed by atoms with van der Waals surface area (Å²) < 4.78 is 33.2. The van der Waals surface area contributed by atoms with E-state index in [4.69, 9.17) is 0 Å². The van der Waals surface area contributed by atoms with Crippen LogP contribution in [0.15, 0.2) is 29.2 Å². The van der Waals surface area contributed by atoms with E-state index in [-0.39, 0.29) is 5.91 Å². The number of anilines is 1. The third kappa shape index (κ3) is 2.81. The summed E-state index contributed by atoms with van der Waals surface area (Å²) in [6.45, 7) is 1.32. The summed E-state index contributed by atoms with van der Waals surface area (Å²) in [5.74, 6) is -0.277. The number of hydrogen-bond acceptors (Lipinski definition) is 3. The van der Waals surface area contributed by atoms with Crippen molar-refractivity contribution in [1.29, 1.82) is 0 Å². The van der Waals surface area contributed by atoms with Gasteiger partial charge in [-0.05, 0) is 24.3 Å². The van der Waals surface area contributed by atoms with Crippen LogP contribution in [0.5, 0.6) is 0 Å². The highest BCUT2D eigenvalue weighted by Crippen LogP contribution is 2.15. The normalized spacial score (nSPS) is 11.0. The third-order valence-electron chi connectivity index (χ3n) is 1.46. The fourth-order valence-electron chi connectivity index (χ4n) is 0.904. The second kappa shape index (κ2) is 3.75. The van der Waals surface area contributed by atoms with Gasteiger partial charge < -0.3 is 5.32 Å². The predicted octanol–water partition coefficient (Wildman–Crippen LogP) is 1.30. The predicted molar refractivity (Wildman–Crippen MR) is 49.0 cm³/mol. The lowest BCUT2D eigenvalue weighted by Gasteiger charge is -2.01. The van der Waals surface area contributed by atoms with Gasteiger partial charge in [0.15, 0.2) is 0 Å². The maximum absolute atomic E-state index is 12.4. The van der Waals surface area contributed by atoms with Gasteiger partial charge in [0.25, 0.3) is 0 Å². The lowest BCUT2D eigenvalue weighted by Crippen LogP contribution is -2.05. The van der Waals surface area contributed by atoms with Crippen LogP contribution < -0.4 is 5.32 Å². The molecule has 0 aromatic heterocycles. The van der Waals surface area contributed by atoms with E-state index in [1.165, 1.54) is 19.1 Å². The van der Waals surface area contributed by atoms with Crippen LogP contribution in [0.4, 0.5) is 9.57 Å². The maximum atomic E-state index is 12.4. The highest BCUT2D eigenvalue weighted by molar-refractivity contribution is 7.86. The Morgan fingerprint density at radius 1 is 1.29 bits per heavy atom. The van der Waals surface area contributed by atoms with Gasteiger partial charge in [-0.1, -0.05) is 0 Å². The quantitative estimate of drug-likeness (QED) is 0.758. The van der Waals surface area contributed by atoms with Gasteiger partial charge in [0, 0.05) is 12.6 Å². The summed E-state index contributed by atoms with van der Waals surface area (Å²) in [4.78, 5) is 10.2. The van der Waals surface area contributed by atoms with Crippen molar-refractivity contribution in [3.8, 4) is 0 Å². The van der Waals surface area contributed by atoms with E-state index >= 15 is 0 Å². The molecule has 76 valence electrons. The largest absolute Gasteiger partial charge is 0.332 e. The van der Waals surface area contributed by atoms with Crippen molar-refractivity contribution < 1.29 is 17.1 Å². The number of hydrogen-bond donors (Lipinski definition) is 1. The van der Waals surface area contributed by atoms with Crippen molar-refractivity contribution in [1.82, 2.24) is 0 Å². The molecule has 0 spiro atoms. The molecule has 0 aliphatic heterocycles. The minimum absolute atomic E-state index is 0.277. The molecule has 0 radical (unpaired) electrons. The zero-order valence-electron chi connectivity index (χ0n) is 7.32. The summed E-state index contributed by atoms with van der Waals surface area (Å²) >= 11 is 0. The molecule has 1 rings (SSSR count). The molecule has 0 aliphatic rings. The molecule has 1 aromatic rings. The van der Waals surface area contributed by atoms with Crippen molar-refractivity contribution >= 4 is 21.8 Å². The molecule has 0 saturated heterocycles. The third-order valence-corrected chi connectivity index (χ3v) is 2.29. The molecular weight excluding hydrogens is 208 g/mol. The van der Waals surface area contributed by atoms with Crippen LogP contribution in [-0.4, -0.2) is 14.3 Å². The fraction of sp³-hybridized carbons (Fsp3) is 0.125. The molecule has 14 heavy (non-hydrogen) atoms. The SMILES string of the molecule is CC(=O)Nc1ccc(S(=O)(=O)[18F])cc1. The molecule has 6 heteroatoms. The summed E-state index contributed by atoms with van der Waals surface area (Å²) in [5.41, 5.74) is 0.421. The van der Waals surface area contributed by atoms with E-state index in [0.717, 1.165) is 12.1 Å². The van der Waals surface area contributed by atoms with Gasteiger partial charge in [-0.25, -0.2) is 0 Å². The van der Waals surface area contributed by atoms with Crippen LogP contribution >= 0.6 is 0 Å². The summed E-state index contributed by atoms with van der Waals surface area (Å²) in [7, 11) is -4.66. The molecule has 0 aliphatic carbocycles. The van der Waals surface area contributed by atoms with Gasteiger partial charge >= 0.3 is 10.2 Å². The van der Waals surface area contributed by atoms with Crippen molar-refractivity contribution in [2.75, 3.05) is 5.32 Å². The van der Waals surface area contributed by atoms with E-state index < -0.39 is 15.1 Å². The summed E-state index contributed by atoms with van der Waals surface area (Å²) in [6.07, 6.45) is 0. The first-order chi connectivity index (χ1) is 6.39. The van der Waals surface area contributed by atoms with Gasteiger partial charge in [-0.15, -0.1) is 3.89 Å². The van der Waals surface area contributed by atoms with Gasteiger partial charge in [0.05, 0.1) is 4.90 Å². The number of amides is 1. The molecule has 0 bridgehead atoms. The Labute approximate surface area is 81.0 Å². The first kappa shape index (κ1) is 10.6. The summed E-state index contributed by atoms with van der Waals surface area (Å²) in [6, 6.07) is 4.79. The second-order valence-corrected chi connectivity index (χ2v) is 3.99. The first-order valence-electron chi connectivity index (χ1n) is 3.72. The number of halogens is 1. The van der Waals surface area contributed by atoms with Crippen LogP contribution in [0.25, 0.3) is 0 Å². The molecule has 0 heterocycles. The minimum atomic E-state index is -4.66. The molecule has 1 N–H and O–H groups in total. The smallest absolute Gasteiger partial charge is 0.326 e. The average molecular weight is 216 g/mol. The number of nitrogens with one attached hydrogen (secondary N) is 1. The Morgan fingerprint density at radius 2 is 1.79 bits per heavy atom. The molecule has 4 nitrogen and oxygen atoms in total. The topological polar surface area (TPSA) is 63.2 Å². The highest BCUT2D eigenvalue weighted by Gasteiger charge is 2.10. The van der Waals surface area contributed by atoms with E-state index in [1.807, 2.05) is 0 Å². The Balaban J connectivity index is 2.95. The van der Waals surface area contributed by atoms with Crippen LogP contribution in [0, 0.1) is 0 Å². The average Bonchev–Trinajstić information content (AvgIpc) is 2.02. The molecule has 0 fully saturated rings. The highest BCUT2D eigenvalue weighted by atomic mass is 32.2. The van der Waals surface area contributed by atoms with Gasteiger partial charge in [0.2, 0.25) is 5.91 Å². The van der Waals surface area contributed by atoms with E-state index in [0.29, 0.717) is 5.69 Å².